The first-order valence-corrected chi connectivity index (χ1v) is 7.42. The molecule has 1 atom stereocenters. The van der Waals surface area contributed by atoms with E-state index in [9.17, 15) is 0 Å². The number of methoxy groups -OCH3 is 1. The van der Waals surface area contributed by atoms with E-state index in [0.29, 0.717) is 12.6 Å². The highest BCUT2D eigenvalue weighted by Gasteiger charge is 2.31. The molecular formula is C16H26N2O2. The van der Waals surface area contributed by atoms with Crippen LogP contribution in [0.2, 0.25) is 0 Å². The molecule has 1 aromatic rings. The van der Waals surface area contributed by atoms with Crippen LogP contribution in [0.4, 0.5) is 5.69 Å². The Bertz CT molecular complexity index is 407. The predicted octanol–water partition coefficient (Wildman–Crippen LogP) is 2.39. The smallest absolute Gasteiger partial charge is 0.121 e. The van der Waals surface area contributed by atoms with Gasteiger partial charge < -0.3 is 15.2 Å². The lowest BCUT2D eigenvalue weighted by atomic mass is 10.2. The molecule has 2 N–H and O–H groups in total. The first-order chi connectivity index (χ1) is 9.70. The molecule has 1 unspecified atom stereocenters. The van der Waals surface area contributed by atoms with Crippen molar-refractivity contribution in [3.63, 3.8) is 0 Å². The van der Waals surface area contributed by atoms with Crippen molar-refractivity contribution in [2.24, 2.45) is 5.92 Å². The molecule has 4 nitrogen and oxygen atoms in total. The molecule has 4 heteroatoms. The van der Waals surface area contributed by atoms with E-state index in [0.717, 1.165) is 37.1 Å². The molecule has 1 aliphatic rings. The Morgan fingerprint density at radius 3 is 2.70 bits per heavy atom. The minimum Gasteiger partial charge on any atom is -0.492 e. The van der Waals surface area contributed by atoms with Gasteiger partial charge in [0.15, 0.2) is 0 Å². The monoisotopic (exact) mass is 278 g/mol. The maximum absolute atomic E-state index is 5.79. The van der Waals surface area contributed by atoms with Crippen LogP contribution in [-0.2, 0) is 4.74 Å². The quantitative estimate of drug-likeness (QED) is 0.705. The fourth-order valence-corrected chi connectivity index (χ4v) is 2.49. The van der Waals surface area contributed by atoms with E-state index in [4.69, 9.17) is 15.2 Å². The van der Waals surface area contributed by atoms with Gasteiger partial charge in [-0.3, -0.25) is 4.90 Å². The zero-order valence-corrected chi connectivity index (χ0v) is 12.5. The second kappa shape index (κ2) is 7.50. The number of hydrogen-bond acceptors (Lipinski definition) is 4. The van der Waals surface area contributed by atoms with Gasteiger partial charge >= 0.3 is 0 Å². The van der Waals surface area contributed by atoms with Crippen LogP contribution in [0.1, 0.15) is 19.8 Å². The zero-order chi connectivity index (χ0) is 14.4. The van der Waals surface area contributed by atoms with Crippen molar-refractivity contribution < 1.29 is 9.47 Å². The Morgan fingerprint density at radius 1 is 1.30 bits per heavy atom. The molecule has 20 heavy (non-hydrogen) atoms. The highest BCUT2D eigenvalue weighted by Crippen LogP contribution is 2.34. The third-order valence-electron chi connectivity index (χ3n) is 3.97. The number of rotatable bonds is 9. The summed E-state index contributed by atoms with van der Waals surface area (Å²) in [6.45, 7) is 5.66. The van der Waals surface area contributed by atoms with Crippen molar-refractivity contribution >= 4 is 5.69 Å². The molecule has 112 valence electrons. The minimum absolute atomic E-state index is 0.620. The molecule has 0 amide bonds. The number of nitrogens with zero attached hydrogens (tertiary/aromatic N) is 1. The van der Waals surface area contributed by atoms with Crippen LogP contribution in [0, 0.1) is 5.92 Å². The van der Waals surface area contributed by atoms with Crippen molar-refractivity contribution in [2.45, 2.75) is 25.8 Å². The van der Waals surface area contributed by atoms with Gasteiger partial charge in [0, 0.05) is 38.0 Å². The van der Waals surface area contributed by atoms with Crippen LogP contribution >= 0.6 is 0 Å². The van der Waals surface area contributed by atoms with Gasteiger partial charge in [0.2, 0.25) is 0 Å². The van der Waals surface area contributed by atoms with E-state index in [1.807, 2.05) is 24.3 Å². The Kier molecular flexibility index (Phi) is 5.68. The highest BCUT2D eigenvalue weighted by atomic mass is 16.5. The van der Waals surface area contributed by atoms with E-state index in [2.05, 4.69) is 11.8 Å². The van der Waals surface area contributed by atoms with Crippen molar-refractivity contribution in [3.8, 4) is 5.75 Å². The first-order valence-electron chi connectivity index (χ1n) is 7.42. The summed E-state index contributed by atoms with van der Waals surface area (Å²) in [5.41, 5.74) is 6.49. The summed E-state index contributed by atoms with van der Waals surface area (Å²) in [5.74, 6) is 1.70. The standard InChI is InChI=1S/C16H26N2O2/c1-13(14-6-7-14)18(8-10-19-2)9-11-20-16-5-3-4-15(17)12-16/h3-5,12-14H,6-11,17H2,1-2H3. The van der Waals surface area contributed by atoms with Gasteiger partial charge in [0.25, 0.3) is 0 Å². The lowest BCUT2D eigenvalue weighted by Crippen LogP contribution is -2.39. The summed E-state index contributed by atoms with van der Waals surface area (Å²) >= 11 is 0. The number of nitrogen functional groups attached to an aromatic ring is 1. The summed E-state index contributed by atoms with van der Waals surface area (Å²) in [6.07, 6.45) is 2.72. The van der Waals surface area contributed by atoms with Gasteiger partial charge in [0.1, 0.15) is 12.4 Å². The molecule has 0 bridgehead atoms. The highest BCUT2D eigenvalue weighted by molar-refractivity contribution is 5.43. The number of anilines is 1. The second-order valence-corrected chi connectivity index (χ2v) is 5.53. The molecular weight excluding hydrogens is 252 g/mol. The normalized spacial score (nSPS) is 16.4. The fraction of sp³-hybridized carbons (Fsp3) is 0.625. The Morgan fingerprint density at radius 2 is 2.05 bits per heavy atom. The van der Waals surface area contributed by atoms with Gasteiger partial charge in [-0.1, -0.05) is 6.07 Å². The number of benzene rings is 1. The maximum Gasteiger partial charge on any atom is 0.121 e. The van der Waals surface area contributed by atoms with Gasteiger partial charge in [-0.15, -0.1) is 0 Å². The SMILES string of the molecule is COCCN(CCOc1cccc(N)c1)C(C)C1CC1. The largest absolute Gasteiger partial charge is 0.492 e. The van der Waals surface area contributed by atoms with Gasteiger partial charge in [0.05, 0.1) is 6.61 Å². The van der Waals surface area contributed by atoms with E-state index in [-0.39, 0.29) is 0 Å². The lowest BCUT2D eigenvalue weighted by Gasteiger charge is -2.28. The molecule has 0 heterocycles. The van der Waals surface area contributed by atoms with Crippen LogP contribution in [-0.4, -0.2) is 44.4 Å². The summed E-state index contributed by atoms with van der Waals surface area (Å²) in [5, 5.41) is 0. The van der Waals surface area contributed by atoms with Crippen LogP contribution in [0.15, 0.2) is 24.3 Å². The average Bonchev–Trinajstić information content (AvgIpc) is 3.26. The zero-order valence-electron chi connectivity index (χ0n) is 12.5. The molecule has 1 fully saturated rings. The molecule has 1 aromatic carbocycles. The van der Waals surface area contributed by atoms with Crippen molar-refractivity contribution in [1.82, 2.24) is 4.90 Å². The molecule has 1 saturated carbocycles. The van der Waals surface area contributed by atoms with Gasteiger partial charge in [-0.05, 0) is 37.8 Å². The summed E-state index contributed by atoms with van der Waals surface area (Å²) in [7, 11) is 1.75. The molecule has 0 radical (unpaired) electrons. The van der Waals surface area contributed by atoms with Crippen LogP contribution in [0.25, 0.3) is 0 Å². The summed E-state index contributed by atoms with van der Waals surface area (Å²) < 4.78 is 11.0. The van der Waals surface area contributed by atoms with Crippen LogP contribution in [0.3, 0.4) is 0 Å². The lowest BCUT2D eigenvalue weighted by molar-refractivity contribution is 0.103. The minimum atomic E-state index is 0.620. The Hall–Kier alpha value is -1.26. The van der Waals surface area contributed by atoms with E-state index >= 15 is 0 Å². The van der Waals surface area contributed by atoms with E-state index < -0.39 is 0 Å². The van der Waals surface area contributed by atoms with Crippen LogP contribution in [0.5, 0.6) is 5.75 Å². The third-order valence-corrected chi connectivity index (χ3v) is 3.97. The molecule has 0 aliphatic heterocycles. The third kappa shape index (κ3) is 4.69. The summed E-state index contributed by atoms with van der Waals surface area (Å²) in [4.78, 5) is 2.47. The Balaban J connectivity index is 1.78. The first kappa shape index (κ1) is 15.1. The fourth-order valence-electron chi connectivity index (χ4n) is 2.49. The average molecular weight is 278 g/mol. The molecule has 2 rings (SSSR count). The molecule has 1 aliphatic carbocycles. The number of nitrogens with two attached hydrogens (primary N) is 1. The topological polar surface area (TPSA) is 47.7 Å². The molecule has 0 aromatic heterocycles. The van der Waals surface area contributed by atoms with Crippen molar-refractivity contribution in [1.29, 1.82) is 0 Å². The predicted molar refractivity (Wildman–Crippen MR) is 82.0 cm³/mol. The number of hydrogen-bond donors (Lipinski definition) is 1. The maximum atomic E-state index is 5.79. The van der Waals surface area contributed by atoms with Gasteiger partial charge in [-0.2, -0.15) is 0 Å². The molecule has 0 spiro atoms. The Labute approximate surface area is 121 Å². The molecule has 0 saturated heterocycles. The van der Waals surface area contributed by atoms with E-state index in [1.54, 1.807) is 7.11 Å². The van der Waals surface area contributed by atoms with Crippen molar-refractivity contribution in [2.75, 3.05) is 39.1 Å². The number of ether oxygens (including phenoxy) is 2. The second-order valence-electron chi connectivity index (χ2n) is 5.53. The van der Waals surface area contributed by atoms with E-state index in [1.165, 1.54) is 12.8 Å². The van der Waals surface area contributed by atoms with Crippen molar-refractivity contribution in [3.05, 3.63) is 24.3 Å². The summed E-state index contributed by atoms with van der Waals surface area (Å²) in [6, 6.07) is 8.21. The van der Waals surface area contributed by atoms with Crippen LogP contribution < -0.4 is 10.5 Å². The van der Waals surface area contributed by atoms with Gasteiger partial charge in [-0.25, -0.2) is 0 Å².